The van der Waals surface area contributed by atoms with Gasteiger partial charge in [-0.05, 0) is 49.2 Å². The summed E-state index contributed by atoms with van der Waals surface area (Å²) in [7, 11) is -3.65. The molecular formula is C19H20ClFN2O3S. The molecule has 0 radical (unpaired) electrons. The first-order valence-electron chi connectivity index (χ1n) is 8.74. The lowest BCUT2D eigenvalue weighted by Gasteiger charge is -2.20. The molecule has 0 aliphatic carbocycles. The van der Waals surface area contributed by atoms with Crippen molar-refractivity contribution in [2.75, 3.05) is 18.4 Å². The van der Waals surface area contributed by atoms with Crippen LogP contribution in [-0.4, -0.2) is 31.7 Å². The molecule has 0 unspecified atom stereocenters. The van der Waals surface area contributed by atoms with E-state index in [9.17, 15) is 17.6 Å². The fourth-order valence-electron chi connectivity index (χ4n) is 3.01. The lowest BCUT2D eigenvalue weighted by molar-refractivity contribution is 0.102. The van der Waals surface area contributed by atoms with Crippen molar-refractivity contribution < 1.29 is 17.6 Å². The number of carbonyl (C=O) groups excluding carboxylic acids is 1. The Morgan fingerprint density at radius 2 is 1.74 bits per heavy atom. The Hall–Kier alpha value is -1.96. The number of halogens is 2. The number of anilines is 1. The highest BCUT2D eigenvalue weighted by Crippen LogP contribution is 2.24. The van der Waals surface area contributed by atoms with Crippen LogP contribution in [0.4, 0.5) is 10.1 Å². The summed E-state index contributed by atoms with van der Waals surface area (Å²) >= 11 is 5.92. The molecule has 2 aromatic rings. The third kappa shape index (κ3) is 4.66. The Labute approximate surface area is 163 Å². The summed E-state index contributed by atoms with van der Waals surface area (Å²) in [5, 5.41) is 2.64. The fraction of sp³-hybridized carbons (Fsp3) is 0.316. The van der Waals surface area contributed by atoms with E-state index in [1.165, 1.54) is 40.7 Å². The highest BCUT2D eigenvalue weighted by atomic mass is 35.5. The van der Waals surface area contributed by atoms with E-state index >= 15 is 0 Å². The SMILES string of the molecule is O=C(Nc1ccc(F)cc1Cl)c1cccc(S(=O)(=O)N2CCCCCC2)c1. The van der Waals surface area contributed by atoms with E-state index in [0.29, 0.717) is 13.1 Å². The van der Waals surface area contributed by atoms with Gasteiger partial charge in [0.25, 0.3) is 5.91 Å². The third-order valence-corrected chi connectivity index (χ3v) is 6.69. The number of nitrogens with zero attached hydrogens (tertiary/aromatic N) is 1. The Morgan fingerprint density at radius 3 is 2.41 bits per heavy atom. The van der Waals surface area contributed by atoms with Gasteiger partial charge in [-0.25, -0.2) is 12.8 Å². The molecule has 5 nitrogen and oxygen atoms in total. The number of sulfonamides is 1. The molecule has 1 aliphatic heterocycles. The molecule has 1 aliphatic rings. The summed E-state index contributed by atoms with van der Waals surface area (Å²) in [6.45, 7) is 0.980. The van der Waals surface area contributed by atoms with E-state index in [2.05, 4.69) is 5.32 Å². The number of carbonyl (C=O) groups is 1. The van der Waals surface area contributed by atoms with Gasteiger partial charge in [-0.15, -0.1) is 0 Å². The Bertz CT molecular complexity index is 942. The quantitative estimate of drug-likeness (QED) is 0.817. The predicted molar refractivity (Wildman–Crippen MR) is 103 cm³/mol. The van der Waals surface area contributed by atoms with E-state index in [1.807, 2.05) is 0 Å². The van der Waals surface area contributed by atoms with E-state index in [-0.39, 0.29) is 21.2 Å². The maximum Gasteiger partial charge on any atom is 0.255 e. The van der Waals surface area contributed by atoms with Gasteiger partial charge in [-0.2, -0.15) is 4.31 Å². The van der Waals surface area contributed by atoms with Crippen LogP contribution in [0.3, 0.4) is 0 Å². The van der Waals surface area contributed by atoms with Crippen LogP contribution in [0.5, 0.6) is 0 Å². The van der Waals surface area contributed by atoms with Crippen LogP contribution >= 0.6 is 11.6 Å². The molecular weight excluding hydrogens is 391 g/mol. The van der Waals surface area contributed by atoms with Gasteiger partial charge in [0.2, 0.25) is 10.0 Å². The summed E-state index contributed by atoms with van der Waals surface area (Å²) in [6.07, 6.45) is 3.71. The highest BCUT2D eigenvalue weighted by Gasteiger charge is 2.25. The Morgan fingerprint density at radius 1 is 1.04 bits per heavy atom. The zero-order valence-electron chi connectivity index (χ0n) is 14.6. The average molecular weight is 411 g/mol. The second kappa shape index (κ2) is 8.37. The van der Waals surface area contributed by atoms with Gasteiger partial charge in [0.1, 0.15) is 5.82 Å². The molecule has 0 aromatic heterocycles. The average Bonchev–Trinajstić information content (AvgIpc) is 2.94. The summed E-state index contributed by atoms with van der Waals surface area (Å²) in [6, 6.07) is 9.53. The number of nitrogens with one attached hydrogen (secondary N) is 1. The summed E-state index contributed by atoms with van der Waals surface area (Å²) < 4.78 is 40.4. The van der Waals surface area contributed by atoms with E-state index in [1.54, 1.807) is 0 Å². The monoisotopic (exact) mass is 410 g/mol. The normalized spacial score (nSPS) is 15.9. The van der Waals surface area contributed by atoms with Crippen molar-refractivity contribution in [1.29, 1.82) is 0 Å². The summed E-state index contributed by atoms with van der Waals surface area (Å²) in [5.41, 5.74) is 0.440. The lowest BCUT2D eigenvalue weighted by Crippen LogP contribution is -2.32. The van der Waals surface area contributed by atoms with Crippen molar-refractivity contribution in [3.8, 4) is 0 Å². The molecule has 0 spiro atoms. The Kier molecular flexibility index (Phi) is 6.14. The first kappa shape index (κ1) is 19.8. The van der Waals surface area contributed by atoms with Crippen molar-refractivity contribution in [3.05, 3.63) is 58.9 Å². The molecule has 0 atom stereocenters. The molecule has 1 N–H and O–H groups in total. The number of benzene rings is 2. The van der Waals surface area contributed by atoms with Gasteiger partial charge in [0.15, 0.2) is 0 Å². The minimum Gasteiger partial charge on any atom is -0.321 e. The van der Waals surface area contributed by atoms with Crippen LogP contribution in [0.25, 0.3) is 0 Å². The van der Waals surface area contributed by atoms with Gasteiger partial charge in [-0.3, -0.25) is 4.79 Å². The molecule has 1 saturated heterocycles. The number of hydrogen-bond acceptors (Lipinski definition) is 3. The van der Waals surface area contributed by atoms with Crippen LogP contribution in [0.2, 0.25) is 5.02 Å². The Balaban J connectivity index is 1.83. The molecule has 0 saturated carbocycles. The van der Waals surface area contributed by atoms with Crippen LogP contribution in [0.1, 0.15) is 36.0 Å². The molecule has 1 amide bonds. The van der Waals surface area contributed by atoms with E-state index < -0.39 is 21.7 Å². The van der Waals surface area contributed by atoms with Crippen molar-refractivity contribution >= 4 is 33.2 Å². The molecule has 8 heteroatoms. The molecule has 2 aromatic carbocycles. The summed E-state index contributed by atoms with van der Waals surface area (Å²) in [4.78, 5) is 12.6. The second-order valence-corrected chi connectivity index (χ2v) is 8.77. The smallest absolute Gasteiger partial charge is 0.255 e. The number of hydrogen-bond donors (Lipinski definition) is 1. The predicted octanol–water partition coefficient (Wildman–Crippen LogP) is 4.30. The van der Waals surface area contributed by atoms with Crippen LogP contribution in [0.15, 0.2) is 47.4 Å². The van der Waals surface area contributed by atoms with Gasteiger partial charge in [0, 0.05) is 18.7 Å². The standard InChI is InChI=1S/C19H20ClFN2O3S/c20-17-13-15(21)8-9-18(17)22-19(24)14-6-5-7-16(12-14)27(25,26)23-10-3-1-2-4-11-23/h5-9,12-13H,1-4,10-11H2,(H,22,24). The fourth-order valence-corrected chi connectivity index (χ4v) is 4.79. The zero-order valence-corrected chi connectivity index (χ0v) is 16.2. The van der Waals surface area contributed by atoms with E-state index in [0.717, 1.165) is 31.7 Å². The molecule has 144 valence electrons. The van der Waals surface area contributed by atoms with Crippen LogP contribution < -0.4 is 5.32 Å². The lowest BCUT2D eigenvalue weighted by atomic mass is 10.2. The number of amides is 1. The van der Waals surface area contributed by atoms with Gasteiger partial charge < -0.3 is 5.32 Å². The van der Waals surface area contributed by atoms with Crippen molar-refractivity contribution in [2.45, 2.75) is 30.6 Å². The topological polar surface area (TPSA) is 66.5 Å². The second-order valence-electron chi connectivity index (χ2n) is 6.42. The molecule has 27 heavy (non-hydrogen) atoms. The van der Waals surface area contributed by atoms with Crippen molar-refractivity contribution in [1.82, 2.24) is 4.31 Å². The molecule has 3 rings (SSSR count). The van der Waals surface area contributed by atoms with E-state index in [4.69, 9.17) is 11.6 Å². The first-order chi connectivity index (χ1) is 12.9. The first-order valence-corrected chi connectivity index (χ1v) is 10.6. The van der Waals surface area contributed by atoms with Crippen molar-refractivity contribution in [2.24, 2.45) is 0 Å². The van der Waals surface area contributed by atoms with Gasteiger partial charge in [-0.1, -0.05) is 30.5 Å². The van der Waals surface area contributed by atoms with Gasteiger partial charge >= 0.3 is 0 Å². The van der Waals surface area contributed by atoms with Crippen molar-refractivity contribution in [3.63, 3.8) is 0 Å². The largest absolute Gasteiger partial charge is 0.321 e. The maximum atomic E-state index is 13.1. The number of rotatable bonds is 4. The zero-order chi connectivity index (χ0) is 19.4. The molecule has 1 fully saturated rings. The maximum absolute atomic E-state index is 13.1. The van der Waals surface area contributed by atoms with Gasteiger partial charge in [0.05, 0.1) is 15.6 Å². The van der Waals surface area contributed by atoms with Crippen LogP contribution in [0, 0.1) is 5.82 Å². The minimum absolute atomic E-state index is 0.0664. The minimum atomic E-state index is -3.65. The highest BCUT2D eigenvalue weighted by molar-refractivity contribution is 7.89. The molecule has 1 heterocycles. The molecule has 0 bridgehead atoms. The van der Waals surface area contributed by atoms with Crippen LogP contribution in [-0.2, 0) is 10.0 Å². The third-order valence-electron chi connectivity index (χ3n) is 4.48. The summed E-state index contributed by atoms with van der Waals surface area (Å²) in [5.74, 6) is -1.03.